The highest BCUT2D eigenvalue weighted by molar-refractivity contribution is 6.30. The normalized spacial score (nSPS) is 17.4. The second kappa shape index (κ2) is 6.90. The molecule has 5 heteroatoms. The summed E-state index contributed by atoms with van der Waals surface area (Å²) < 4.78 is 13.5. The fourth-order valence-corrected chi connectivity index (χ4v) is 2.38. The molecule has 2 heterocycles. The number of nitrogens with zero attached hydrogens (tertiary/aromatic N) is 2. The van der Waals surface area contributed by atoms with Crippen molar-refractivity contribution >= 4 is 17.4 Å². The van der Waals surface area contributed by atoms with E-state index in [0.717, 1.165) is 19.6 Å². The predicted molar refractivity (Wildman–Crippen MR) is 72.6 cm³/mol. The molecule has 0 atom stereocenters. The SMILES string of the molecule is Fc1cc(Cl)cnc1NCCN1CCCCCC1. The van der Waals surface area contributed by atoms with Gasteiger partial charge in [0.15, 0.2) is 11.6 Å². The lowest BCUT2D eigenvalue weighted by Crippen LogP contribution is -2.30. The van der Waals surface area contributed by atoms with Crippen LogP contribution < -0.4 is 5.32 Å². The lowest BCUT2D eigenvalue weighted by Gasteiger charge is -2.19. The molecule has 0 aliphatic carbocycles. The Bertz CT molecular complexity index is 378. The van der Waals surface area contributed by atoms with E-state index in [0.29, 0.717) is 11.6 Å². The molecule has 1 aliphatic rings. The zero-order valence-electron chi connectivity index (χ0n) is 10.5. The minimum atomic E-state index is -0.390. The fourth-order valence-electron chi connectivity index (χ4n) is 2.24. The molecular formula is C13H19ClFN3. The van der Waals surface area contributed by atoms with Gasteiger partial charge in [-0.2, -0.15) is 0 Å². The maximum absolute atomic E-state index is 13.5. The Morgan fingerprint density at radius 3 is 2.67 bits per heavy atom. The molecule has 3 nitrogen and oxygen atoms in total. The van der Waals surface area contributed by atoms with Gasteiger partial charge in [-0.25, -0.2) is 9.37 Å². The van der Waals surface area contributed by atoms with Crippen molar-refractivity contribution in [2.45, 2.75) is 25.7 Å². The standard InChI is InChI=1S/C13H19ClFN3/c14-11-9-12(15)13(17-10-11)16-5-8-18-6-3-1-2-4-7-18/h9-10H,1-8H2,(H,16,17). The number of nitrogens with one attached hydrogen (secondary N) is 1. The fraction of sp³-hybridized carbons (Fsp3) is 0.615. The van der Waals surface area contributed by atoms with E-state index >= 15 is 0 Å². The van der Waals surface area contributed by atoms with Gasteiger partial charge in [-0.3, -0.25) is 0 Å². The number of likely N-dealkylation sites (tertiary alicyclic amines) is 1. The molecule has 0 aromatic carbocycles. The molecular weight excluding hydrogens is 253 g/mol. The summed E-state index contributed by atoms with van der Waals surface area (Å²) in [7, 11) is 0. The zero-order chi connectivity index (χ0) is 12.8. The second-order valence-electron chi connectivity index (χ2n) is 4.67. The summed E-state index contributed by atoms with van der Waals surface area (Å²) in [6.45, 7) is 3.95. The largest absolute Gasteiger partial charge is 0.366 e. The van der Waals surface area contributed by atoms with E-state index < -0.39 is 5.82 Å². The number of halogens is 2. The van der Waals surface area contributed by atoms with E-state index in [1.165, 1.54) is 37.9 Å². The molecule has 0 bridgehead atoms. The van der Waals surface area contributed by atoms with Gasteiger partial charge in [0, 0.05) is 19.3 Å². The van der Waals surface area contributed by atoms with Gasteiger partial charge in [0.05, 0.1) is 5.02 Å². The van der Waals surface area contributed by atoms with E-state index in [1.807, 2.05) is 0 Å². The van der Waals surface area contributed by atoms with Crippen molar-refractivity contribution in [2.75, 3.05) is 31.5 Å². The summed E-state index contributed by atoms with van der Waals surface area (Å²) in [4.78, 5) is 6.37. The van der Waals surface area contributed by atoms with Gasteiger partial charge in [-0.15, -0.1) is 0 Å². The number of rotatable bonds is 4. The molecule has 0 amide bonds. The molecule has 1 saturated heterocycles. The third kappa shape index (κ3) is 4.10. The zero-order valence-corrected chi connectivity index (χ0v) is 11.2. The average molecular weight is 272 g/mol. The van der Waals surface area contributed by atoms with Gasteiger partial charge in [0.25, 0.3) is 0 Å². The first-order chi connectivity index (χ1) is 8.75. The Labute approximate surface area is 112 Å². The second-order valence-corrected chi connectivity index (χ2v) is 5.10. The number of aromatic nitrogens is 1. The van der Waals surface area contributed by atoms with Gasteiger partial charge >= 0.3 is 0 Å². The van der Waals surface area contributed by atoms with Gasteiger partial charge < -0.3 is 10.2 Å². The van der Waals surface area contributed by atoms with Crippen LogP contribution in [0.15, 0.2) is 12.3 Å². The molecule has 0 spiro atoms. The Hall–Kier alpha value is -0.870. The number of anilines is 1. The van der Waals surface area contributed by atoms with Gasteiger partial charge in [-0.05, 0) is 32.0 Å². The molecule has 18 heavy (non-hydrogen) atoms. The minimum absolute atomic E-state index is 0.286. The number of hydrogen-bond donors (Lipinski definition) is 1. The third-order valence-electron chi connectivity index (χ3n) is 3.23. The molecule has 1 aromatic rings. The first kappa shape index (κ1) is 13.6. The molecule has 0 unspecified atom stereocenters. The van der Waals surface area contributed by atoms with Crippen LogP contribution in [0.5, 0.6) is 0 Å². The summed E-state index contributed by atoms with van der Waals surface area (Å²) >= 11 is 5.65. The van der Waals surface area contributed by atoms with Gasteiger partial charge in [0.2, 0.25) is 0 Å². The summed E-state index contributed by atoms with van der Waals surface area (Å²) in [5.74, 6) is -0.104. The van der Waals surface area contributed by atoms with E-state index in [9.17, 15) is 4.39 Å². The summed E-state index contributed by atoms with van der Waals surface area (Å²) in [6.07, 6.45) is 6.66. The van der Waals surface area contributed by atoms with Crippen molar-refractivity contribution in [3.63, 3.8) is 0 Å². The van der Waals surface area contributed by atoms with Crippen LogP contribution in [0.25, 0.3) is 0 Å². The Morgan fingerprint density at radius 2 is 2.00 bits per heavy atom. The van der Waals surface area contributed by atoms with Crippen LogP contribution in [0.3, 0.4) is 0 Å². The Balaban J connectivity index is 1.77. The van der Waals surface area contributed by atoms with Crippen LogP contribution in [-0.2, 0) is 0 Å². The van der Waals surface area contributed by atoms with E-state index in [-0.39, 0.29) is 5.82 Å². The summed E-state index contributed by atoms with van der Waals surface area (Å²) in [5, 5.41) is 3.35. The highest BCUT2D eigenvalue weighted by Crippen LogP contribution is 2.15. The molecule has 1 fully saturated rings. The van der Waals surface area contributed by atoms with Crippen molar-refractivity contribution < 1.29 is 4.39 Å². The lowest BCUT2D eigenvalue weighted by atomic mass is 10.2. The molecule has 1 aliphatic heterocycles. The Morgan fingerprint density at radius 1 is 1.28 bits per heavy atom. The third-order valence-corrected chi connectivity index (χ3v) is 3.43. The van der Waals surface area contributed by atoms with Crippen molar-refractivity contribution in [1.29, 1.82) is 0 Å². The van der Waals surface area contributed by atoms with Crippen LogP contribution in [0, 0.1) is 5.82 Å². The van der Waals surface area contributed by atoms with Gasteiger partial charge in [0.1, 0.15) is 0 Å². The summed E-state index contributed by atoms with van der Waals surface area (Å²) in [5.41, 5.74) is 0. The number of hydrogen-bond acceptors (Lipinski definition) is 3. The topological polar surface area (TPSA) is 28.2 Å². The Kier molecular flexibility index (Phi) is 5.20. The highest BCUT2D eigenvalue weighted by atomic mass is 35.5. The average Bonchev–Trinajstić information content (AvgIpc) is 2.60. The molecule has 0 saturated carbocycles. The molecule has 1 N–H and O–H groups in total. The van der Waals surface area contributed by atoms with Crippen molar-refractivity contribution in [1.82, 2.24) is 9.88 Å². The molecule has 100 valence electrons. The smallest absolute Gasteiger partial charge is 0.166 e. The molecule has 0 radical (unpaired) electrons. The lowest BCUT2D eigenvalue weighted by molar-refractivity contribution is 0.296. The van der Waals surface area contributed by atoms with Crippen molar-refractivity contribution in [3.05, 3.63) is 23.1 Å². The van der Waals surface area contributed by atoms with Crippen LogP contribution in [0.1, 0.15) is 25.7 Å². The molecule has 2 rings (SSSR count). The monoisotopic (exact) mass is 271 g/mol. The molecule has 1 aromatic heterocycles. The van der Waals surface area contributed by atoms with E-state index in [2.05, 4.69) is 15.2 Å². The van der Waals surface area contributed by atoms with Crippen molar-refractivity contribution in [2.24, 2.45) is 0 Å². The van der Waals surface area contributed by atoms with Crippen LogP contribution >= 0.6 is 11.6 Å². The maximum Gasteiger partial charge on any atom is 0.166 e. The van der Waals surface area contributed by atoms with E-state index in [1.54, 1.807) is 0 Å². The van der Waals surface area contributed by atoms with E-state index in [4.69, 9.17) is 11.6 Å². The first-order valence-electron chi connectivity index (χ1n) is 6.53. The highest BCUT2D eigenvalue weighted by Gasteiger charge is 2.09. The van der Waals surface area contributed by atoms with Gasteiger partial charge in [-0.1, -0.05) is 24.4 Å². The number of pyridine rings is 1. The minimum Gasteiger partial charge on any atom is -0.366 e. The maximum atomic E-state index is 13.5. The van der Waals surface area contributed by atoms with Crippen LogP contribution in [0.2, 0.25) is 5.02 Å². The van der Waals surface area contributed by atoms with Crippen LogP contribution in [0.4, 0.5) is 10.2 Å². The first-order valence-corrected chi connectivity index (χ1v) is 6.91. The van der Waals surface area contributed by atoms with Crippen LogP contribution in [-0.4, -0.2) is 36.1 Å². The quantitative estimate of drug-likeness (QED) is 0.912. The van der Waals surface area contributed by atoms with Crippen molar-refractivity contribution in [3.8, 4) is 0 Å². The summed E-state index contributed by atoms with van der Waals surface area (Å²) in [6, 6.07) is 1.28. The predicted octanol–water partition coefficient (Wildman–Crippen LogP) is 3.16.